The molecule has 0 aliphatic heterocycles. The van der Waals surface area contributed by atoms with Crippen LogP contribution in [0, 0.1) is 5.92 Å². The third kappa shape index (κ3) is 6.61. The Labute approximate surface area is 107 Å². The first-order valence-electron chi connectivity index (χ1n) is 6.06. The van der Waals surface area contributed by atoms with E-state index in [-0.39, 0.29) is 0 Å². The molecule has 1 rings (SSSR count). The van der Waals surface area contributed by atoms with E-state index in [1.165, 1.54) is 0 Å². The van der Waals surface area contributed by atoms with Gasteiger partial charge in [0.1, 0.15) is 0 Å². The molecular formula is C12H22N2O2S. The molecule has 0 aliphatic carbocycles. The molecule has 1 aromatic heterocycles. The lowest BCUT2D eigenvalue weighted by molar-refractivity contribution is 0.0322. The molecule has 17 heavy (non-hydrogen) atoms. The molecule has 0 spiro atoms. The van der Waals surface area contributed by atoms with Crippen molar-refractivity contribution in [2.75, 3.05) is 31.7 Å². The van der Waals surface area contributed by atoms with Gasteiger partial charge in [0.2, 0.25) is 0 Å². The maximum atomic E-state index is 5.51. The molecule has 1 aromatic rings. The maximum absolute atomic E-state index is 5.51. The van der Waals surface area contributed by atoms with E-state index in [2.05, 4.69) is 31.1 Å². The lowest BCUT2D eigenvalue weighted by Gasteiger charge is -2.06. The Hall–Kier alpha value is -0.650. The van der Waals surface area contributed by atoms with E-state index >= 15 is 0 Å². The van der Waals surface area contributed by atoms with Crippen molar-refractivity contribution in [2.45, 2.75) is 27.4 Å². The summed E-state index contributed by atoms with van der Waals surface area (Å²) in [6, 6.07) is 0. The smallest absolute Gasteiger partial charge is 0.182 e. The van der Waals surface area contributed by atoms with E-state index in [1.807, 2.05) is 6.20 Å². The molecule has 5 heteroatoms. The fourth-order valence-electron chi connectivity index (χ4n) is 1.22. The molecule has 0 saturated carbocycles. The van der Waals surface area contributed by atoms with Crippen LogP contribution in [0.1, 0.15) is 25.6 Å². The number of hydrogen-bond acceptors (Lipinski definition) is 5. The van der Waals surface area contributed by atoms with Gasteiger partial charge in [0.15, 0.2) is 5.13 Å². The number of nitrogens with one attached hydrogen (secondary N) is 1. The SMILES string of the molecule is CCNc1ncc(COCCOCC(C)C)s1. The average molecular weight is 258 g/mol. The van der Waals surface area contributed by atoms with Crippen LogP contribution < -0.4 is 5.32 Å². The van der Waals surface area contributed by atoms with Gasteiger partial charge >= 0.3 is 0 Å². The van der Waals surface area contributed by atoms with E-state index in [4.69, 9.17) is 9.47 Å². The number of thiazole rings is 1. The van der Waals surface area contributed by atoms with E-state index in [0.29, 0.717) is 25.7 Å². The highest BCUT2D eigenvalue weighted by Gasteiger charge is 2.00. The average Bonchev–Trinajstić information content (AvgIpc) is 2.71. The third-order valence-corrected chi connectivity index (χ3v) is 2.88. The molecule has 0 bridgehead atoms. The molecule has 0 unspecified atom stereocenters. The number of aromatic nitrogens is 1. The second-order valence-corrected chi connectivity index (χ2v) is 5.30. The largest absolute Gasteiger partial charge is 0.379 e. The third-order valence-electron chi connectivity index (χ3n) is 1.95. The predicted molar refractivity (Wildman–Crippen MR) is 71.6 cm³/mol. The zero-order chi connectivity index (χ0) is 12.5. The summed E-state index contributed by atoms with van der Waals surface area (Å²) in [6.07, 6.45) is 1.86. The van der Waals surface area contributed by atoms with E-state index < -0.39 is 0 Å². The number of ether oxygens (including phenoxy) is 2. The molecular weight excluding hydrogens is 236 g/mol. The summed E-state index contributed by atoms with van der Waals surface area (Å²) < 4.78 is 10.9. The van der Waals surface area contributed by atoms with E-state index in [1.54, 1.807) is 11.3 Å². The quantitative estimate of drug-likeness (QED) is 0.692. The fraction of sp³-hybridized carbons (Fsp3) is 0.750. The van der Waals surface area contributed by atoms with Crippen LogP contribution >= 0.6 is 11.3 Å². The molecule has 0 saturated heterocycles. The predicted octanol–water partition coefficient (Wildman–Crippen LogP) is 2.76. The van der Waals surface area contributed by atoms with E-state index in [0.717, 1.165) is 23.2 Å². The van der Waals surface area contributed by atoms with Crippen LogP contribution in [0.3, 0.4) is 0 Å². The molecule has 0 aliphatic rings. The van der Waals surface area contributed by atoms with Crippen molar-refractivity contribution >= 4 is 16.5 Å². The minimum atomic E-state index is 0.583. The summed E-state index contributed by atoms with van der Waals surface area (Å²) in [5, 5.41) is 4.14. The summed E-state index contributed by atoms with van der Waals surface area (Å²) in [6.45, 7) is 9.96. The molecule has 4 nitrogen and oxygen atoms in total. The molecule has 0 fully saturated rings. The zero-order valence-electron chi connectivity index (χ0n) is 10.9. The molecule has 0 radical (unpaired) electrons. The summed E-state index contributed by atoms with van der Waals surface area (Å²) in [5.74, 6) is 0.583. The van der Waals surface area contributed by atoms with Gasteiger partial charge < -0.3 is 14.8 Å². The lowest BCUT2D eigenvalue weighted by Crippen LogP contribution is -2.08. The molecule has 1 N–H and O–H groups in total. The Morgan fingerprint density at radius 3 is 2.82 bits per heavy atom. The van der Waals surface area contributed by atoms with Crippen molar-refractivity contribution in [3.8, 4) is 0 Å². The van der Waals surface area contributed by atoms with Gasteiger partial charge in [-0.3, -0.25) is 0 Å². The molecule has 0 atom stereocenters. The number of anilines is 1. The zero-order valence-corrected chi connectivity index (χ0v) is 11.7. The van der Waals surface area contributed by atoms with Crippen LogP contribution in [0.5, 0.6) is 0 Å². The second-order valence-electron chi connectivity index (χ2n) is 4.18. The highest BCUT2D eigenvalue weighted by Crippen LogP contribution is 2.18. The van der Waals surface area contributed by atoms with E-state index in [9.17, 15) is 0 Å². The van der Waals surface area contributed by atoms with Crippen LogP contribution in [0.25, 0.3) is 0 Å². The number of nitrogens with zero attached hydrogens (tertiary/aromatic N) is 1. The minimum Gasteiger partial charge on any atom is -0.379 e. The molecule has 0 amide bonds. The standard InChI is InChI=1S/C12H22N2O2S/c1-4-13-12-14-7-11(17-12)9-16-6-5-15-8-10(2)3/h7,10H,4-6,8-9H2,1-3H3,(H,13,14). The summed E-state index contributed by atoms with van der Waals surface area (Å²) in [7, 11) is 0. The van der Waals surface area contributed by atoms with Crippen molar-refractivity contribution in [3.63, 3.8) is 0 Å². The normalized spacial score (nSPS) is 11.1. The van der Waals surface area contributed by atoms with Crippen molar-refractivity contribution < 1.29 is 9.47 Å². The van der Waals surface area contributed by atoms with Crippen molar-refractivity contribution in [1.29, 1.82) is 0 Å². The Kier molecular flexibility index (Phi) is 7.16. The van der Waals surface area contributed by atoms with Crippen LogP contribution in [0.15, 0.2) is 6.20 Å². The van der Waals surface area contributed by atoms with Gasteiger partial charge in [0.05, 0.1) is 24.7 Å². The Balaban J connectivity index is 2.05. The molecule has 0 aromatic carbocycles. The van der Waals surface area contributed by atoms with Crippen LogP contribution in [-0.2, 0) is 16.1 Å². The van der Waals surface area contributed by atoms with Crippen molar-refractivity contribution in [2.24, 2.45) is 5.92 Å². The van der Waals surface area contributed by atoms with Gasteiger partial charge in [-0.1, -0.05) is 25.2 Å². The lowest BCUT2D eigenvalue weighted by atomic mass is 10.2. The topological polar surface area (TPSA) is 43.4 Å². The van der Waals surface area contributed by atoms with Crippen molar-refractivity contribution in [3.05, 3.63) is 11.1 Å². The van der Waals surface area contributed by atoms with Gasteiger partial charge in [0, 0.05) is 19.3 Å². The van der Waals surface area contributed by atoms with Gasteiger partial charge in [-0.2, -0.15) is 0 Å². The summed E-state index contributed by atoms with van der Waals surface area (Å²) >= 11 is 1.64. The Morgan fingerprint density at radius 1 is 1.35 bits per heavy atom. The van der Waals surface area contributed by atoms with Crippen LogP contribution in [0.4, 0.5) is 5.13 Å². The van der Waals surface area contributed by atoms with Gasteiger partial charge in [-0.25, -0.2) is 4.98 Å². The van der Waals surface area contributed by atoms with Gasteiger partial charge in [-0.05, 0) is 12.8 Å². The molecule has 98 valence electrons. The summed E-state index contributed by atoms with van der Waals surface area (Å²) in [4.78, 5) is 5.38. The molecule has 1 heterocycles. The maximum Gasteiger partial charge on any atom is 0.182 e. The van der Waals surface area contributed by atoms with Crippen LogP contribution in [0.2, 0.25) is 0 Å². The Morgan fingerprint density at radius 2 is 2.12 bits per heavy atom. The van der Waals surface area contributed by atoms with Crippen molar-refractivity contribution in [1.82, 2.24) is 4.98 Å². The first kappa shape index (κ1) is 14.4. The second kappa shape index (κ2) is 8.44. The number of rotatable bonds is 9. The summed E-state index contributed by atoms with van der Waals surface area (Å²) in [5.41, 5.74) is 0. The first-order valence-corrected chi connectivity index (χ1v) is 6.88. The number of hydrogen-bond donors (Lipinski definition) is 1. The van der Waals surface area contributed by atoms with Crippen LogP contribution in [-0.4, -0.2) is 31.3 Å². The first-order chi connectivity index (χ1) is 8.22. The highest BCUT2D eigenvalue weighted by atomic mass is 32.1. The highest BCUT2D eigenvalue weighted by molar-refractivity contribution is 7.15. The minimum absolute atomic E-state index is 0.583. The fourth-order valence-corrected chi connectivity index (χ4v) is 2.03. The Bertz CT molecular complexity index is 302. The monoisotopic (exact) mass is 258 g/mol. The van der Waals surface area contributed by atoms with Gasteiger partial charge in [-0.15, -0.1) is 0 Å². The van der Waals surface area contributed by atoms with Gasteiger partial charge in [0.25, 0.3) is 0 Å².